The Labute approximate surface area is 88.6 Å². The van der Waals surface area contributed by atoms with Gasteiger partial charge in [0.15, 0.2) is 0 Å². The molecule has 0 amide bonds. The number of nitrogens with zero attached hydrogens (tertiary/aromatic N) is 1. The number of rotatable bonds is 3. The van der Waals surface area contributed by atoms with Crippen LogP contribution in [0.25, 0.3) is 0 Å². The number of nitrogens with two attached hydrogens (primary N) is 1. The van der Waals surface area contributed by atoms with E-state index in [1.54, 1.807) is 32.2 Å². The molecule has 0 aliphatic heterocycles. The topological polar surface area (TPSA) is 77.2 Å². The van der Waals surface area contributed by atoms with Crippen molar-refractivity contribution < 1.29 is 9.53 Å². The first-order valence-corrected chi connectivity index (χ1v) is 4.54. The van der Waals surface area contributed by atoms with E-state index < -0.39 is 5.54 Å². The van der Waals surface area contributed by atoms with Gasteiger partial charge in [-0.15, -0.1) is 0 Å². The number of anilines is 2. The van der Waals surface area contributed by atoms with Crippen LogP contribution in [0.15, 0.2) is 18.3 Å². The minimum atomic E-state index is -0.785. The van der Waals surface area contributed by atoms with Gasteiger partial charge in [0.1, 0.15) is 11.4 Å². The van der Waals surface area contributed by atoms with E-state index in [9.17, 15) is 4.79 Å². The summed E-state index contributed by atoms with van der Waals surface area (Å²) >= 11 is 0. The Kier molecular flexibility index (Phi) is 3.14. The van der Waals surface area contributed by atoms with Gasteiger partial charge in [-0.25, -0.2) is 9.78 Å². The Morgan fingerprint density at radius 1 is 1.53 bits per heavy atom. The summed E-state index contributed by atoms with van der Waals surface area (Å²) in [7, 11) is 1.35. The van der Waals surface area contributed by atoms with E-state index in [0.717, 1.165) is 5.69 Å². The fraction of sp³-hybridized carbons (Fsp3) is 0.400. The van der Waals surface area contributed by atoms with Gasteiger partial charge in [-0.05, 0) is 26.0 Å². The zero-order chi connectivity index (χ0) is 11.5. The van der Waals surface area contributed by atoms with Gasteiger partial charge in [-0.2, -0.15) is 0 Å². The first-order chi connectivity index (χ1) is 6.95. The number of carbonyl (C=O) groups excluding carboxylic acids is 1. The van der Waals surface area contributed by atoms with Crippen LogP contribution in [0.3, 0.4) is 0 Å². The minimum Gasteiger partial charge on any atom is -0.467 e. The number of nitrogen functional groups attached to an aromatic ring is 1. The predicted molar refractivity (Wildman–Crippen MR) is 58.4 cm³/mol. The van der Waals surface area contributed by atoms with Gasteiger partial charge in [0, 0.05) is 0 Å². The van der Waals surface area contributed by atoms with Gasteiger partial charge < -0.3 is 15.8 Å². The smallest absolute Gasteiger partial charge is 0.330 e. The Bertz CT molecular complexity index is 346. The van der Waals surface area contributed by atoms with Gasteiger partial charge in [-0.3, -0.25) is 0 Å². The molecule has 0 saturated carbocycles. The fourth-order valence-corrected chi connectivity index (χ4v) is 1.15. The van der Waals surface area contributed by atoms with Crippen LogP contribution in [0.1, 0.15) is 13.8 Å². The third-order valence-corrected chi connectivity index (χ3v) is 1.94. The number of hydrogen-bond donors (Lipinski definition) is 2. The van der Waals surface area contributed by atoms with Crippen LogP contribution < -0.4 is 11.1 Å². The summed E-state index contributed by atoms with van der Waals surface area (Å²) in [6, 6.07) is 3.42. The Hall–Kier alpha value is -1.78. The molecule has 0 radical (unpaired) electrons. The minimum absolute atomic E-state index is 0.334. The Balaban J connectivity index is 2.77. The normalized spacial score (nSPS) is 10.9. The van der Waals surface area contributed by atoms with Crippen molar-refractivity contribution in [3.8, 4) is 0 Å². The van der Waals surface area contributed by atoms with Crippen LogP contribution in [0, 0.1) is 0 Å². The van der Waals surface area contributed by atoms with Crippen LogP contribution in [0.2, 0.25) is 0 Å². The molecule has 1 heterocycles. The zero-order valence-electron chi connectivity index (χ0n) is 9.07. The molecule has 1 aromatic heterocycles. The molecule has 1 aromatic rings. The number of carbonyl (C=O) groups is 1. The molecule has 0 aliphatic carbocycles. The number of esters is 1. The number of ether oxygens (including phenoxy) is 1. The number of hydrogen-bond acceptors (Lipinski definition) is 5. The molecule has 0 unspecified atom stereocenters. The van der Waals surface area contributed by atoms with Crippen molar-refractivity contribution in [1.82, 2.24) is 4.98 Å². The van der Waals surface area contributed by atoms with E-state index in [1.165, 1.54) is 7.11 Å². The zero-order valence-corrected chi connectivity index (χ0v) is 9.07. The van der Waals surface area contributed by atoms with Crippen molar-refractivity contribution in [3.05, 3.63) is 18.3 Å². The fourth-order valence-electron chi connectivity index (χ4n) is 1.15. The molecule has 5 heteroatoms. The Morgan fingerprint density at radius 3 is 2.67 bits per heavy atom. The highest BCUT2D eigenvalue weighted by Gasteiger charge is 2.28. The number of pyridine rings is 1. The highest BCUT2D eigenvalue weighted by molar-refractivity contribution is 5.83. The summed E-state index contributed by atoms with van der Waals surface area (Å²) in [6.45, 7) is 3.46. The molecule has 0 fully saturated rings. The standard InChI is InChI=1S/C10H15N3O2/c1-10(2,9(14)15-3)13-7-4-5-8(11)12-6-7/h4-6,13H,1-3H3,(H2,11,12). The average Bonchev–Trinajstić information content (AvgIpc) is 2.20. The molecule has 3 N–H and O–H groups in total. The lowest BCUT2D eigenvalue weighted by molar-refractivity contribution is -0.144. The molecule has 82 valence electrons. The lowest BCUT2D eigenvalue weighted by atomic mass is 10.1. The van der Waals surface area contributed by atoms with Crippen molar-refractivity contribution in [3.63, 3.8) is 0 Å². The molecule has 15 heavy (non-hydrogen) atoms. The lowest BCUT2D eigenvalue weighted by Crippen LogP contribution is -2.41. The van der Waals surface area contributed by atoms with Crippen LogP contribution in [0.5, 0.6) is 0 Å². The van der Waals surface area contributed by atoms with Crippen LogP contribution in [-0.2, 0) is 9.53 Å². The summed E-state index contributed by atoms with van der Waals surface area (Å²) in [6.07, 6.45) is 1.57. The Morgan fingerprint density at radius 2 is 2.20 bits per heavy atom. The van der Waals surface area contributed by atoms with Crippen molar-refractivity contribution in [2.24, 2.45) is 0 Å². The monoisotopic (exact) mass is 209 g/mol. The van der Waals surface area contributed by atoms with E-state index in [0.29, 0.717) is 5.82 Å². The first kappa shape index (κ1) is 11.3. The van der Waals surface area contributed by atoms with Gasteiger partial charge in [0.2, 0.25) is 0 Å². The summed E-state index contributed by atoms with van der Waals surface area (Å²) in [5, 5.41) is 3.00. The second-order valence-electron chi connectivity index (χ2n) is 3.71. The van der Waals surface area contributed by atoms with E-state index >= 15 is 0 Å². The maximum Gasteiger partial charge on any atom is 0.330 e. The quantitative estimate of drug-likeness (QED) is 0.727. The van der Waals surface area contributed by atoms with E-state index in [-0.39, 0.29) is 5.97 Å². The van der Waals surface area contributed by atoms with Gasteiger partial charge in [-0.1, -0.05) is 0 Å². The maximum atomic E-state index is 11.4. The van der Waals surface area contributed by atoms with Crippen LogP contribution in [0.4, 0.5) is 11.5 Å². The molecule has 0 aromatic carbocycles. The second kappa shape index (κ2) is 4.16. The molecule has 0 bridgehead atoms. The molecule has 0 atom stereocenters. The highest BCUT2D eigenvalue weighted by atomic mass is 16.5. The van der Waals surface area contributed by atoms with Gasteiger partial charge in [0.05, 0.1) is 19.0 Å². The average molecular weight is 209 g/mol. The van der Waals surface area contributed by atoms with Crippen molar-refractivity contribution in [2.45, 2.75) is 19.4 Å². The predicted octanol–water partition coefficient (Wildman–Crippen LogP) is 1.03. The van der Waals surface area contributed by atoms with Gasteiger partial charge in [0.25, 0.3) is 0 Å². The molecule has 0 saturated heterocycles. The lowest BCUT2D eigenvalue weighted by Gasteiger charge is -2.24. The largest absolute Gasteiger partial charge is 0.467 e. The highest BCUT2D eigenvalue weighted by Crippen LogP contribution is 2.15. The van der Waals surface area contributed by atoms with E-state index in [2.05, 4.69) is 15.0 Å². The molecule has 0 aliphatic rings. The number of aromatic nitrogens is 1. The van der Waals surface area contributed by atoms with Gasteiger partial charge >= 0.3 is 5.97 Å². The van der Waals surface area contributed by atoms with Crippen molar-refractivity contribution >= 4 is 17.5 Å². The molecular weight excluding hydrogens is 194 g/mol. The third-order valence-electron chi connectivity index (χ3n) is 1.94. The maximum absolute atomic E-state index is 11.4. The molecule has 1 rings (SSSR count). The summed E-state index contributed by atoms with van der Waals surface area (Å²) < 4.78 is 4.66. The number of nitrogens with one attached hydrogen (secondary N) is 1. The van der Waals surface area contributed by atoms with Crippen LogP contribution >= 0.6 is 0 Å². The summed E-state index contributed by atoms with van der Waals surface area (Å²) in [5.74, 6) is 0.107. The second-order valence-corrected chi connectivity index (χ2v) is 3.71. The first-order valence-electron chi connectivity index (χ1n) is 4.54. The van der Waals surface area contributed by atoms with E-state index in [4.69, 9.17) is 5.73 Å². The van der Waals surface area contributed by atoms with Crippen molar-refractivity contribution in [2.75, 3.05) is 18.2 Å². The number of methoxy groups -OCH3 is 1. The molecular formula is C10H15N3O2. The van der Waals surface area contributed by atoms with Crippen LogP contribution in [-0.4, -0.2) is 23.6 Å². The summed E-state index contributed by atoms with van der Waals surface area (Å²) in [5.41, 5.74) is 5.38. The summed E-state index contributed by atoms with van der Waals surface area (Å²) in [4.78, 5) is 15.3. The van der Waals surface area contributed by atoms with Crippen molar-refractivity contribution in [1.29, 1.82) is 0 Å². The molecule has 0 spiro atoms. The third kappa shape index (κ3) is 2.83. The molecule has 5 nitrogen and oxygen atoms in total. The van der Waals surface area contributed by atoms with E-state index in [1.807, 2.05) is 0 Å². The SMILES string of the molecule is COC(=O)C(C)(C)Nc1ccc(N)nc1.